The summed E-state index contributed by atoms with van der Waals surface area (Å²) < 4.78 is 10.6. The van der Waals surface area contributed by atoms with Crippen LogP contribution in [0.25, 0.3) is 0 Å². The molecule has 0 radical (unpaired) electrons. The van der Waals surface area contributed by atoms with Crippen molar-refractivity contribution in [1.82, 2.24) is 4.90 Å². The van der Waals surface area contributed by atoms with Gasteiger partial charge in [-0.25, -0.2) is 0 Å². The molecule has 0 aromatic carbocycles. The van der Waals surface area contributed by atoms with Crippen LogP contribution in [0, 0.1) is 11.8 Å². The summed E-state index contributed by atoms with van der Waals surface area (Å²) in [5, 5.41) is 8.83. The SMILES string of the molecule is COCCOC1CCN(C(=O)[C@H]2C[C@H]2C(=O)O)CC1. The van der Waals surface area contributed by atoms with E-state index >= 15 is 0 Å². The molecule has 2 aliphatic rings. The Labute approximate surface area is 112 Å². The number of likely N-dealkylation sites (tertiary alicyclic amines) is 1. The molecule has 2 fully saturated rings. The fourth-order valence-corrected chi connectivity index (χ4v) is 2.52. The van der Waals surface area contributed by atoms with Gasteiger partial charge < -0.3 is 19.5 Å². The van der Waals surface area contributed by atoms with E-state index in [0.717, 1.165) is 12.8 Å². The van der Waals surface area contributed by atoms with E-state index in [1.807, 2.05) is 0 Å². The maximum absolute atomic E-state index is 12.0. The van der Waals surface area contributed by atoms with Crippen LogP contribution in [0.3, 0.4) is 0 Å². The normalized spacial score (nSPS) is 27.3. The Balaban J connectivity index is 1.69. The summed E-state index contributed by atoms with van der Waals surface area (Å²) in [6.07, 6.45) is 2.33. The third kappa shape index (κ3) is 3.67. The van der Waals surface area contributed by atoms with Crippen molar-refractivity contribution in [1.29, 1.82) is 0 Å². The molecule has 6 nitrogen and oxygen atoms in total. The van der Waals surface area contributed by atoms with Gasteiger partial charge in [-0.1, -0.05) is 0 Å². The van der Waals surface area contributed by atoms with Gasteiger partial charge in [-0.05, 0) is 19.3 Å². The number of carbonyl (C=O) groups is 2. The Morgan fingerprint density at radius 1 is 1.21 bits per heavy atom. The van der Waals surface area contributed by atoms with Gasteiger partial charge in [-0.2, -0.15) is 0 Å². The van der Waals surface area contributed by atoms with Crippen molar-refractivity contribution in [2.45, 2.75) is 25.4 Å². The highest BCUT2D eigenvalue weighted by molar-refractivity contribution is 5.89. The van der Waals surface area contributed by atoms with Crippen LogP contribution in [0.15, 0.2) is 0 Å². The van der Waals surface area contributed by atoms with E-state index in [1.54, 1.807) is 12.0 Å². The number of ether oxygens (including phenoxy) is 2. The van der Waals surface area contributed by atoms with E-state index in [2.05, 4.69) is 0 Å². The van der Waals surface area contributed by atoms with Gasteiger partial charge >= 0.3 is 5.97 Å². The zero-order valence-corrected chi connectivity index (χ0v) is 11.2. The fourth-order valence-electron chi connectivity index (χ4n) is 2.52. The second-order valence-electron chi connectivity index (χ2n) is 5.18. The Kier molecular flexibility index (Phi) is 4.76. The minimum absolute atomic E-state index is 0.00254. The number of nitrogens with zero attached hydrogens (tertiary/aromatic N) is 1. The summed E-state index contributed by atoms with van der Waals surface area (Å²) in [5.74, 6) is -1.59. The predicted molar refractivity (Wildman–Crippen MR) is 66.7 cm³/mol. The number of rotatable bonds is 6. The molecule has 0 unspecified atom stereocenters. The largest absolute Gasteiger partial charge is 0.481 e. The molecule has 0 aromatic rings. The van der Waals surface area contributed by atoms with Crippen LogP contribution in [0.5, 0.6) is 0 Å². The van der Waals surface area contributed by atoms with Gasteiger partial charge in [-0.15, -0.1) is 0 Å². The lowest BCUT2D eigenvalue weighted by molar-refractivity contribution is -0.142. The molecule has 6 heteroatoms. The molecule has 0 aromatic heterocycles. The highest BCUT2D eigenvalue weighted by Gasteiger charge is 2.50. The van der Waals surface area contributed by atoms with Crippen molar-refractivity contribution in [3.8, 4) is 0 Å². The quantitative estimate of drug-likeness (QED) is 0.706. The number of hydrogen-bond acceptors (Lipinski definition) is 4. The molecule has 2 rings (SSSR count). The standard InChI is InChI=1S/C13H21NO5/c1-18-6-7-19-9-2-4-14(5-3-9)12(15)10-8-11(10)13(16)17/h9-11H,2-8H2,1H3,(H,16,17)/t10-,11+/m0/s1. The van der Waals surface area contributed by atoms with Crippen molar-refractivity contribution in [2.24, 2.45) is 11.8 Å². The third-order valence-electron chi connectivity index (χ3n) is 3.82. The molecule has 1 saturated carbocycles. The summed E-state index contributed by atoms with van der Waals surface area (Å²) in [6, 6.07) is 0. The van der Waals surface area contributed by atoms with Gasteiger partial charge in [-0.3, -0.25) is 9.59 Å². The highest BCUT2D eigenvalue weighted by atomic mass is 16.5. The Hall–Kier alpha value is -1.14. The van der Waals surface area contributed by atoms with Crippen LogP contribution in [-0.4, -0.2) is 61.4 Å². The molecule has 108 valence electrons. The Morgan fingerprint density at radius 2 is 1.89 bits per heavy atom. The second-order valence-corrected chi connectivity index (χ2v) is 5.18. The molecule has 1 N–H and O–H groups in total. The van der Waals surface area contributed by atoms with Crippen molar-refractivity contribution < 1.29 is 24.2 Å². The molecule has 1 heterocycles. The number of carboxylic acid groups (broad SMARTS) is 1. The molecule has 1 saturated heterocycles. The number of carboxylic acids is 1. The van der Waals surface area contributed by atoms with E-state index < -0.39 is 11.9 Å². The summed E-state index contributed by atoms with van der Waals surface area (Å²) >= 11 is 0. The van der Waals surface area contributed by atoms with Crippen LogP contribution in [0.1, 0.15) is 19.3 Å². The molecule has 0 bridgehead atoms. The molecule has 2 atom stereocenters. The van der Waals surface area contributed by atoms with Gasteiger partial charge in [0.2, 0.25) is 5.91 Å². The molecule has 19 heavy (non-hydrogen) atoms. The van der Waals surface area contributed by atoms with Crippen LogP contribution in [0.4, 0.5) is 0 Å². The van der Waals surface area contributed by atoms with Gasteiger partial charge in [0.1, 0.15) is 0 Å². The minimum Gasteiger partial charge on any atom is -0.481 e. The van der Waals surface area contributed by atoms with Crippen molar-refractivity contribution in [2.75, 3.05) is 33.4 Å². The maximum atomic E-state index is 12.0. The van der Waals surface area contributed by atoms with Gasteiger partial charge in [0.25, 0.3) is 0 Å². The lowest BCUT2D eigenvalue weighted by Gasteiger charge is -2.32. The number of hydrogen-bond donors (Lipinski definition) is 1. The average molecular weight is 271 g/mol. The fraction of sp³-hybridized carbons (Fsp3) is 0.846. The molecule has 1 amide bonds. The highest BCUT2D eigenvalue weighted by Crippen LogP contribution is 2.40. The molecule has 0 spiro atoms. The third-order valence-corrected chi connectivity index (χ3v) is 3.82. The van der Waals surface area contributed by atoms with Crippen LogP contribution in [-0.2, 0) is 19.1 Å². The zero-order valence-electron chi connectivity index (χ0n) is 11.2. The summed E-state index contributed by atoms with van der Waals surface area (Å²) in [5.41, 5.74) is 0. The van der Waals surface area contributed by atoms with E-state index in [0.29, 0.717) is 32.7 Å². The van der Waals surface area contributed by atoms with Gasteiger partial charge in [0.05, 0.1) is 31.2 Å². The van der Waals surface area contributed by atoms with Crippen molar-refractivity contribution >= 4 is 11.9 Å². The lowest BCUT2D eigenvalue weighted by atomic mass is 10.1. The smallest absolute Gasteiger partial charge is 0.307 e. The van der Waals surface area contributed by atoms with E-state index in [-0.39, 0.29) is 17.9 Å². The molecular formula is C13H21NO5. The monoisotopic (exact) mass is 271 g/mol. The van der Waals surface area contributed by atoms with Crippen LogP contribution >= 0.6 is 0 Å². The molecule has 1 aliphatic heterocycles. The summed E-state index contributed by atoms with van der Waals surface area (Å²) in [4.78, 5) is 24.6. The summed E-state index contributed by atoms with van der Waals surface area (Å²) in [7, 11) is 1.64. The van der Waals surface area contributed by atoms with Crippen molar-refractivity contribution in [3.05, 3.63) is 0 Å². The Morgan fingerprint density at radius 3 is 2.42 bits per heavy atom. The van der Waals surface area contributed by atoms with Gasteiger partial charge in [0, 0.05) is 20.2 Å². The maximum Gasteiger partial charge on any atom is 0.307 e. The van der Waals surface area contributed by atoms with E-state index in [4.69, 9.17) is 14.6 Å². The average Bonchev–Trinajstić information content (AvgIpc) is 3.19. The first-order valence-corrected chi connectivity index (χ1v) is 6.75. The molecule has 1 aliphatic carbocycles. The predicted octanol–water partition coefficient (Wildman–Crippen LogP) is 0.361. The number of carbonyl (C=O) groups excluding carboxylic acids is 1. The van der Waals surface area contributed by atoms with Gasteiger partial charge in [0.15, 0.2) is 0 Å². The minimum atomic E-state index is -0.851. The van der Waals surface area contributed by atoms with E-state index in [1.165, 1.54) is 0 Å². The first-order chi connectivity index (χ1) is 9.13. The molecular weight excluding hydrogens is 250 g/mol. The first-order valence-electron chi connectivity index (χ1n) is 6.75. The zero-order chi connectivity index (χ0) is 13.8. The second kappa shape index (κ2) is 6.34. The number of aliphatic carboxylic acids is 1. The lowest BCUT2D eigenvalue weighted by Crippen LogP contribution is -2.42. The topological polar surface area (TPSA) is 76.1 Å². The van der Waals surface area contributed by atoms with Crippen LogP contribution < -0.4 is 0 Å². The Bertz CT molecular complexity index is 338. The van der Waals surface area contributed by atoms with Crippen molar-refractivity contribution in [3.63, 3.8) is 0 Å². The number of amides is 1. The number of piperidine rings is 1. The summed E-state index contributed by atoms with van der Waals surface area (Å²) in [6.45, 7) is 2.50. The van der Waals surface area contributed by atoms with E-state index in [9.17, 15) is 9.59 Å². The number of methoxy groups -OCH3 is 1. The first kappa shape index (κ1) is 14.3. The van der Waals surface area contributed by atoms with Crippen LogP contribution in [0.2, 0.25) is 0 Å².